The number of nitrogens with one attached hydrogen (secondary N) is 1. The Kier molecular flexibility index (Phi) is 6.67. The molecular weight excluding hydrogens is 305 g/mol. The molecule has 0 amide bonds. The summed E-state index contributed by atoms with van der Waals surface area (Å²) in [5.74, 6) is 0. The lowest BCUT2D eigenvalue weighted by atomic mass is 10.4. The normalized spacial score (nSPS) is 9.50. The van der Waals surface area contributed by atoms with Gasteiger partial charge < -0.3 is 0 Å². The molecule has 0 saturated heterocycles. The van der Waals surface area contributed by atoms with Crippen molar-refractivity contribution >= 4 is 41.2 Å². The number of isothiocyanates is 1. The minimum Gasteiger partial charge on any atom is -0.248 e. The van der Waals surface area contributed by atoms with Crippen LogP contribution in [0, 0.1) is 5.41 Å². The van der Waals surface area contributed by atoms with Crippen LogP contribution < -0.4 is 15.9 Å². The van der Waals surface area contributed by atoms with Crippen molar-refractivity contribution in [3.8, 4) is 0 Å². The molecule has 3 rings (SSSR count). The van der Waals surface area contributed by atoms with Crippen molar-refractivity contribution in [2.24, 2.45) is 0 Å². The molecule has 3 heteroatoms. The molecule has 0 heterocycles. The van der Waals surface area contributed by atoms with Gasteiger partial charge in [-0.1, -0.05) is 91.0 Å². The Morgan fingerprint density at radius 1 is 0.591 bits per heavy atom. The highest BCUT2D eigenvalue weighted by Crippen LogP contribution is 2.32. The van der Waals surface area contributed by atoms with Gasteiger partial charge >= 0.3 is 0 Å². The van der Waals surface area contributed by atoms with E-state index in [9.17, 15) is 0 Å². The Morgan fingerprint density at radius 2 is 0.818 bits per heavy atom. The quantitative estimate of drug-likeness (QED) is 0.438. The van der Waals surface area contributed by atoms with E-state index in [1.54, 1.807) is 5.16 Å². The summed E-state index contributed by atoms with van der Waals surface area (Å²) in [5.41, 5.74) is 0. The summed E-state index contributed by atoms with van der Waals surface area (Å²) in [5, 5.41) is 11.6. The summed E-state index contributed by atoms with van der Waals surface area (Å²) in [7, 11) is -0.446. The summed E-state index contributed by atoms with van der Waals surface area (Å²) in [6, 6.07) is 32.3. The molecular formula is C19H16NPS. The van der Waals surface area contributed by atoms with Gasteiger partial charge in [0.25, 0.3) is 0 Å². The van der Waals surface area contributed by atoms with Crippen molar-refractivity contribution < 1.29 is 0 Å². The van der Waals surface area contributed by atoms with Crippen LogP contribution in [-0.2, 0) is 0 Å². The first-order valence-corrected chi connectivity index (χ1v) is 8.61. The van der Waals surface area contributed by atoms with Crippen LogP contribution in [0.2, 0.25) is 0 Å². The highest BCUT2D eigenvalue weighted by molar-refractivity contribution is 7.79. The molecule has 0 spiro atoms. The number of hydrogen-bond acceptors (Lipinski definition) is 2. The van der Waals surface area contributed by atoms with Crippen LogP contribution in [0.15, 0.2) is 91.0 Å². The molecule has 0 aliphatic rings. The van der Waals surface area contributed by atoms with Gasteiger partial charge in [0, 0.05) is 0 Å². The molecule has 3 aromatic carbocycles. The van der Waals surface area contributed by atoms with Gasteiger partial charge in [-0.3, -0.25) is 0 Å². The molecule has 0 radical (unpaired) electrons. The fourth-order valence-electron chi connectivity index (χ4n) is 2.18. The van der Waals surface area contributed by atoms with Crippen LogP contribution in [0.3, 0.4) is 0 Å². The van der Waals surface area contributed by atoms with Crippen molar-refractivity contribution in [1.29, 1.82) is 5.41 Å². The first-order chi connectivity index (χ1) is 10.9. The Bertz CT molecular complexity index is 614. The van der Waals surface area contributed by atoms with Gasteiger partial charge in [0.1, 0.15) is 0 Å². The monoisotopic (exact) mass is 321 g/mol. The van der Waals surface area contributed by atoms with Gasteiger partial charge in [0.05, 0.1) is 5.16 Å². The first kappa shape index (κ1) is 16.3. The molecule has 108 valence electrons. The molecule has 0 saturated carbocycles. The maximum atomic E-state index is 5.77. The molecule has 1 N–H and O–H groups in total. The zero-order chi connectivity index (χ0) is 15.6. The Hall–Kier alpha value is -2.11. The third-order valence-corrected chi connectivity index (χ3v) is 5.49. The summed E-state index contributed by atoms with van der Waals surface area (Å²) in [6.07, 6.45) is 0. The summed E-state index contributed by atoms with van der Waals surface area (Å²) < 4.78 is 0. The highest BCUT2D eigenvalue weighted by Gasteiger charge is 2.14. The summed E-state index contributed by atoms with van der Waals surface area (Å²) in [4.78, 5) is 0. The molecule has 0 fully saturated rings. The summed E-state index contributed by atoms with van der Waals surface area (Å²) in [6.45, 7) is 0. The topological polar surface area (TPSA) is 23.9 Å². The van der Waals surface area contributed by atoms with Gasteiger partial charge in [0.15, 0.2) is 0 Å². The second-order valence-electron chi connectivity index (χ2n) is 4.44. The van der Waals surface area contributed by atoms with E-state index in [1.807, 2.05) is 0 Å². The molecule has 0 atom stereocenters. The highest BCUT2D eigenvalue weighted by atomic mass is 32.1. The molecule has 0 aliphatic heterocycles. The Morgan fingerprint density at radius 3 is 1.05 bits per heavy atom. The largest absolute Gasteiger partial charge is 0.248 e. The molecule has 0 aliphatic carbocycles. The van der Waals surface area contributed by atoms with Crippen LogP contribution in [-0.4, -0.2) is 5.16 Å². The van der Waals surface area contributed by atoms with Crippen molar-refractivity contribution in [3.05, 3.63) is 91.0 Å². The maximum Gasteiger partial charge on any atom is 0.0554 e. The predicted octanol–water partition coefficient (Wildman–Crippen LogP) is 4.11. The standard InChI is InChI=1S/C18H15P.CHNS/c1-4-10-16(11-5-1)19(17-12-6-2-7-13-17)18-14-8-3-9-15-18;2-1-3/h1-15H;2H. The van der Waals surface area contributed by atoms with Crippen LogP contribution in [0.5, 0.6) is 0 Å². The van der Waals surface area contributed by atoms with Crippen LogP contribution >= 0.6 is 20.1 Å². The van der Waals surface area contributed by atoms with Gasteiger partial charge in [-0.2, -0.15) is 0 Å². The van der Waals surface area contributed by atoms with Gasteiger partial charge in [-0.25, -0.2) is 5.41 Å². The van der Waals surface area contributed by atoms with E-state index in [0.29, 0.717) is 0 Å². The van der Waals surface area contributed by atoms with E-state index in [-0.39, 0.29) is 0 Å². The lowest BCUT2D eigenvalue weighted by Gasteiger charge is -2.18. The smallest absolute Gasteiger partial charge is 0.0554 e. The average molecular weight is 321 g/mol. The van der Waals surface area contributed by atoms with Crippen LogP contribution in [0.4, 0.5) is 0 Å². The van der Waals surface area contributed by atoms with Gasteiger partial charge in [0.2, 0.25) is 0 Å². The lowest BCUT2D eigenvalue weighted by molar-refractivity contribution is 1.61. The maximum absolute atomic E-state index is 5.77. The van der Waals surface area contributed by atoms with E-state index in [2.05, 4.69) is 103 Å². The number of rotatable bonds is 3. The third-order valence-electron chi connectivity index (χ3n) is 3.04. The van der Waals surface area contributed by atoms with E-state index in [1.165, 1.54) is 15.9 Å². The first-order valence-electron chi connectivity index (χ1n) is 6.86. The zero-order valence-electron chi connectivity index (χ0n) is 12.0. The number of benzene rings is 3. The molecule has 1 nitrogen and oxygen atoms in total. The fraction of sp³-hybridized carbons (Fsp3) is 0. The molecule has 22 heavy (non-hydrogen) atoms. The number of thiocarbonyl (C=S) groups is 1. The fourth-order valence-corrected chi connectivity index (χ4v) is 4.48. The van der Waals surface area contributed by atoms with Crippen molar-refractivity contribution in [2.75, 3.05) is 0 Å². The zero-order valence-corrected chi connectivity index (χ0v) is 13.7. The molecule has 3 aromatic rings. The second kappa shape index (κ2) is 9.02. The van der Waals surface area contributed by atoms with Gasteiger partial charge in [-0.15, -0.1) is 0 Å². The predicted molar refractivity (Wildman–Crippen MR) is 100 cm³/mol. The Balaban J connectivity index is 0.000000545. The summed E-state index contributed by atoms with van der Waals surface area (Å²) >= 11 is 3.81. The van der Waals surface area contributed by atoms with Crippen molar-refractivity contribution in [3.63, 3.8) is 0 Å². The third kappa shape index (κ3) is 4.44. The minimum absolute atomic E-state index is 0.446. The molecule has 0 bridgehead atoms. The van der Waals surface area contributed by atoms with Crippen molar-refractivity contribution in [2.45, 2.75) is 0 Å². The van der Waals surface area contributed by atoms with Gasteiger partial charge in [-0.05, 0) is 36.1 Å². The van der Waals surface area contributed by atoms with Crippen LogP contribution in [0.25, 0.3) is 0 Å². The SMILES string of the molecule is N=C=S.c1ccc(P(c2ccccc2)c2ccccc2)cc1. The van der Waals surface area contributed by atoms with E-state index in [4.69, 9.17) is 5.41 Å². The van der Waals surface area contributed by atoms with E-state index >= 15 is 0 Å². The molecule has 0 unspecified atom stereocenters. The number of hydrogen-bond donors (Lipinski definition) is 1. The lowest BCUT2D eigenvalue weighted by Crippen LogP contribution is -2.20. The van der Waals surface area contributed by atoms with E-state index in [0.717, 1.165) is 0 Å². The van der Waals surface area contributed by atoms with E-state index < -0.39 is 7.92 Å². The van der Waals surface area contributed by atoms with Crippen LogP contribution in [0.1, 0.15) is 0 Å². The Labute approximate surface area is 137 Å². The minimum atomic E-state index is -0.446. The second-order valence-corrected chi connectivity index (χ2v) is 6.87. The molecule has 0 aromatic heterocycles. The average Bonchev–Trinajstić information content (AvgIpc) is 2.59. The van der Waals surface area contributed by atoms with Crippen molar-refractivity contribution in [1.82, 2.24) is 0 Å².